The average molecular weight is 225 g/mol. The molecule has 0 radical (unpaired) electrons. The number of hydrogen-bond donors (Lipinski definition) is 1. The molecule has 0 amide bonds. The lowest BCUT2D eigenvalue weighted by Gasteiger charge is -1.94. The summed E-state index contributed by atoms with van der Waals surface area (Å²) in [7, 11) is 0. The number of carbonyl (C=O) groups excluding carboxylic acids is 1. The molecule has 0 bridgehead atoms. The highest BCUT2D eigenvalue weighted by molar-refractivity contribution is 7.13. The summed E-state index contributed by atoms with van der Waals surface area (Å²) in [4.78, 5) is 19.5. The fourth-order valence-electron chi connectivity index (χ4n) is 0.780. The molecule has 1 aromatic heterocycles. The van der Waals surface area contributed by atoms with Crippen molar-refractivity contribution in [3.05, 3.63) is 23.2 Å². The van der Waals surface area contributed by atoms with Crippen LogP contribution in [0.5, 0.6) is 0 Å². The lowest BCUT2D eigenvalue weighted by Crippen LogP contribution is -2.04. The van der Waals surface area contributed by atoms with Crippen molar-refractivity contribution in [2.24, 2.45) is 5.16 Å². The second-order valence-corrected chi connectivity index (χ2v) is 3.42. The lowest BCUT2D eigenvalue weighted by atomic mass is 10.3. The highest BCUT2D eigenvalue weighted by atomic mass is 32.1. The maximum absolute atomic E-state index is 10.7. The highest BCUT2D eigenvalue weighted by Crippen LogP contribution is 2.11. The van der Waals surface area contributed by atoms with Crippen LogP contribution in [-0.4, -0.2) is 23.6 Å². The van der Waals surface area contributed by atoms with Gasteiger partial charge in [0.05, 0.1) is 0 Å². The van der Waals surface area contributed by atoms with E-state index >= 15 is 0 Å². The second-order valence-electron chi connectivity index (χ2n) is 2.53. The minimum absolute atomic E-state index is 0.146. The quantitative estimate of drug-likeness (QED) is 0.269. The van der Waals surface area contributed by atoms with Gasteiger partial charge in [0.1, 0.15) is 12.3 Å². The lowest BCUT2D eigenvalue weighted by molar-refractivity contribution is -0.102. The summed E-state index contributed by atoms with van der Waals surface area (Å²) >= 11 is 1.25. The fraction of sp³-hybridized carbons (Fsp3) is 0.222. The number of oxime groups is 1. The van der Waals surface area contributed by atoms with Crippen LogP contribution in [0.25, 0.3) is 0 Å². The molecule has 6 heteroatoms. The van der Waals surface area contributed by atoms with Crippen LogP contribution in [-0.2, 0) is 9.63 Å². The van der Waals surface area contributed by atoms with E-state index in [0.29, 0.717) is 23.7 Å². The van der Waals surface area contributed by atoms with Gasteiger partial charge in [-0.2, -0.15) is 0 Å². The number of nitrogens with two attached hydrogens (primary N) is 1. The number of aromatic nitrogens is 1. The topological polar surface area (TPSA) is 77.6 Å². The summed E-state index contributed by atoms with van der Waals surface area (Å²) in [5, 5.41) is 5.70. The molecule has 1 aromatic rings. The third kappa shape index (κ3) is 3.51. The molecule has 0 atom stereocenters. The van der Waals surface area contributed by atoms with Gasteiger partial charge in [-0.1, -0.05) is 11.2 Å². The Bertz CT molecular complexity index is 384. The number of hydrogen-bond acceptors (Lipinski definition) is 6. The van der Waals surface area contributed by atoms with E-state index in [1.54, 1.807) is 11.5 Å². The van der Waals surface area contributed by atoms with Gasteiger partial charge in [0.25, 0.3) is 0 Å². The Kier molecular flexibility index (Phi) is 4.49. The second kappa shape index (κ2) is 5.92. The first kappa shape index (κ1) is 11.4. The molecule has 1 heterocycles. The monoisotopic (exact) mass is 225 g/mol. The molecular formula is C9H11N3O2S. The van der Waals surface area contributed by atoms with Crippen molar-refractivity contribution in [1.82, 2.24) is 4.98 Å². The number of nitrogens with zero attached hydrogens (tertiary/aromatic N) is 2. The average Bonchev–Trinajstić information content (AvgIpc) is 2.65. The molecule has 1 rings (SSSR count). The number of thiazole rings is 1. The predicted octanol–water partition coefficient (Wildman–Crippen LogP) is 1.22. The Morgan fingerprint density at radius 1 is 1.80 bits per heavy atom. The fourth-order valence-corrected chi connectivity index (χ4v) is 1.34. The summed E-state index contributed by atoms with van der Waals surface area (Å²) in [6, 6.07) is 0. The maximum Gasteiger partial charge on any atom is 0.180 e. The van der Waals surface area contributed by atoms with E-state index in [4.69, 9.17) is 10.6 Å². The number of anilines is 1. The molecular weight excluding hydrogens is 214 g/mol. The molecule has 2 N–H and O–H groups in total. The van der Waals surface area contributed by atoms with Gasteiger partial charge in [0.2, 0.25) is 0 Å². The predicted molar refractivity (Wildman–Crippen MR) is 59.9 cm³/mol. The van der Waals surface area contributed by atoms with Gasteiger partial charge in [0, 0.05) is 5.38 Å². The summed E-state index contributed by atoms with van der Waals surface area (Å²) in [6.07, 6.45) is 4.20. The number of allylic oxidation sites excluding steroid dienone is 1. The van der Waals surface area contributed by atoms with Crippen molar-refractivity contribution in [3.63, 3.8) is 0 Å². The zero-order chi connectivity index (χ0) is 11.1. The van der Waals surface area contributed by atoms with Crippen LogP contribution in [0.4, 0.5) is 5.13 Å². The molecule has 15 heavy (non-hydrogen) atoms. The van der Waals surface area contributed by atoms with Crippen molar-refractivity contribution >= 4 is 28.5 Å². The van der Waals surface area contributed by atoms with Gasteiger partial charge in [-0.25, -0.2) is 4.98 Å². The smallest absolute Gasteiger partial charge is 0.180 e. The third-order valence-corrected chi connectivity index (χ3v) is 2.14. The first-order valence-electron chi connectivity index (χ1n) is 4.25. The van der Waals surface area contributed by atoms with Crippen molar-refractivity contribution in [1.29, 1.82) is 0 Å². The van der Waals surface area contributed by atoms with Crippen LogP contribution >= 0.6 is 11.3 Å². The van der Waals surface area contributed by atoms with Gasteiger partial charge in [0.15, 0.2) is 17.1 Å². The Labute approximate surface area is 91.3 Å². The van der Waals surface area contributed by atoms with E-state index < -0.39 is 0 Å². The summed E-state index contributed by atoms with van der Waals surface area (Å²) in [5.74, 6) is 0. The van der Waals surface area contributed by atoms with Crippen LogP contribution in [0.15, 0.2) is 22.7 Å². The molecule has 0 saturated carbocycles. The molecule has 0 fully saturated rings. The van der Waals surface area contributed by atoms with Gasteiger partial charge in [-0.3, -0.25) is 4.79 Å². The van der Waals surface area contributed by atoms with Crippen molar-refractivity contribution < 1.29 is 9.63 Å². The van der Waals surface area contributed by atoms with E-state index in [9.17, 15) is 4.79 Å². The summed E-state index contributed by atoms with van der Waals surface area (Å²) in [6.45, 7) is 2.20. The number of nitrogen functional groups attached to an aromatic ring is 1. The van der Waals surface area contributed by atoms with Gasteiger partial charge in [-0.15, -0.1) is 11.3 Å². The van der Waals surface area contributed by atoms with Crippen molar-refractivity contribution in [2.75, 3.05) is 12.3 Å². The van der Waals surface area contributed by atoms with E-state index in [1.807, 2.05) is 13.0 Å². The van der Waals surface area contributed by atoms with Crippen molar-refractivity contribution in [3.8, 4) is 0 Å². The Morgan fingerprint density at radius 2 is 2.60 bits per heavy atom. The minimum atomic E-state index is 0.146. The zero-order valence-corrected chi connectivity index (χ0v) is 9.03. The van der Waals surface area contributed by atoms with Crippen LogP contribution in [0.2, 0.25) is 0 Å². The molecule has 0 aliphatic rings. The zero-order valence-electron chi connectivity index (χ0n) is 8.21. The molecule has 0 aliphatic carbocycles. The van der Waals surface area contributed by atoms with E-state index in [0.717, 1.165) is 0 Å². The largest absolute Gasteiger partial charge is 0.391 e. The molecule has 0 unspecified atom stereocenters. The molecule has 0 aliphatic heterocycles. The van der Waals surface area contributed by atoms with Gasteiger partial charge in [-0.05, 0) is 13.0 Å². The number of rotatable bonds is 5. The van der Waals surface area contributed by atoms with Crippen LogP contribution in [0.1, 0.15) is 12.6 Å². The van der Waals surface area contributed by atoms with Crippen LogP contribution in [0, 0.1) is 0 Å². The van der Waals surface area contributed by atoms with Gasteiger partial charge >= 0.3 is 0 Å². The van der Waals surface area contributed by atoms with E-state index in [1.165, 1.54) is 11.3 Å². The van der Waals surface area contributed by atoms with E-state index in [-0.39, 0.29) is 5.71 Å². The minimum Gasteiger partial charge on any atom is -0.391 e. The molecule has 0 saturated heterocycles. The molecule has 80 valence electrons. The highest BCUT2D eigenvalue weighted by Gasteiger charge is 2.06. The summed E-state index contributed by atoms with van der Waals surface area (Å²) in [5.41, 5.74) is 6.02. The summed E-state index contributed by atoms with van der Waals surface area (Å²) < 4.78 is 0. The first-order chi connectivity index (χ1) is 7.27. The Balaban J connectivity index is 2.66. The van der Waals surface area contributed by atoms with Crippen LogP contribution in [0.3, 0.4) is 0 Å². The standard InChI is InChI=1S/C9H11N3O2S/c1-2-3-4-14-12-7(5-13)8-6-15-9(10)11-8/h2-3,5-6H,4H2,1H3,(H2,10,11)/b3-2?,12-7+. The normalized spacial score (nSPS) is 11.9. The third-order valence-electron chi connectivity index (χ3n) is 1.47. The maximum atomic E-state index is 10.7. The number of aldehydes is 1. The van der Waals surface area contributed by atoms with Gasteiger partial charge < -0.3 is 10.6 Å². The van der Waals surface area contributed by atoms with E-state index in [2.05, 4.69) is 10.1 Å². The SMILES string of the molecule is CC=CCO/N=C(\C=O)c1csc(N)n1. The first-order valence-corrected chi connectivity index (χ1v) is 5.13. The molecule has 0 aromatic carbocycles. The molecule has 5 nitrogen and oxygen atoms in total. The number of carbonyl (C=O) groups is 1. The molecule has 0 spiro atoms. The Hall–Kier alpha value is -1.69. The van der Waals surface area contributed by atoms with Crippen molar-refractivity contribution in [2.45, 2.75) is 6.92 Å². The Morgan fingerprint density at radius 3 is 3.13 bits per heavy atom. The van der Waals surface area contributed by atoms with Crippen LogP contribution < -0.4 is 5.73 Å².